The zero-order valence-electron chi connectivity index (χ0n) is 28.5. The Kier molecular flexibility index (Phi) is 31.0. The summed E-state index contributed by atoms with van der Waals surface area (Å²) < 4.78 is 26.5. The third-order valence-electron chi connectivity index (χ3n) is 6.71. The van der Waals surface area contributed by atoms with Gasteiger partial charge in [-0.3, -0.25) is 18.6 Å². The van der Waals surface area contributed by atoms with Gasteiger partial charge in [0, 0.05) is 19.4 Å². The number of esters is 1. The first-order valence-corrected chi connectivity index (χ1v) is 18.8. The molecule has 0 fully saturated rings. The molecule has 2 atom stereocenters. The lowest BCUT2D eigenvalue weighted by atomic mass is 10.1. The smallest absolute Gasteiger partial charge is 0.463 e. The summed E-state index contributed by atoms with van der Waals surface area (Å²) in [6.45, 7) is 3.28. The highest BCUT2D eigenvalue weighted by Crippen LogP contribution is 2.42. The summed E-state index contributed by atoms with van der Waals surface area (Å²) in [5, 5.41) is 12.5. The van der Waals surface area contributed by atoms with Gasteiger partial charge in [0.2, 0.25) is 5.91 Å². The van der Waals surface area contributed by atoms with Crippen LogP contribution >= 0.6 is 7.82 Å². The van der Waals surface area contributed by atoms with Gasteiger partial charge >= 0.3 is 13.8 Å². The van der Waals surface area contributed by atoms with Gasteiger partial charge in [-0.15, -0.1) is 0 Å². The van der Waals surface area contributed by atoms with Gasteiger partial charge in [0.05, 0.1) is 13.2 Å². The van der Waals surface area contributed by atoms with Crippen molar-refractivity contribution in [1.29, 1.82) is 0 Å². The van der Waals surface area contributed by atoms with Crippen LogP contribution in [0.1, 0.15) is 123 Å². The second-order valence-corrected chi connectivity index (χ2v) is 12.6. The fourth-order valence-corrected chi connectivity index (χ4v) is 4.87. The normalized spacial score (nSPS) is 14.3. The van der Waals surface area contributed by atoms with Crippen LogP contribution in [0.15, 0.2) is 60.8 Å². The van der Waals surface area contributed by atoms with Crippen molar-refractivity contribution in [1.82, 2.24) is 5.32 Å². The zero-order valence-corrected chi connectivity index (χ0v) is 29.4. The molecule has 1 amide bonds. The number of hydrogen-bond acceptors (Lipinski definition) is 7. The van der Waals surface area contributed by atoms with Crippen molar-refractivity contribution in [3.63, 3.8) is 0 Å². The van der Waals surface area contributed by atoms with Crippen LogP contribution in [-0.4, -0.2) is 54.3 Å². The summed E-state index contributed by atoms with van der Waals surface area (Å²) >= 11 is 0. The predicted molar refractivity (Wildman–Crippen MR) is 187 cm³/mol. The average Bonchev–Trinajstić information content (AvgIpc) is 3.04. The van der Waals surface area contributed by atoms with E-state index in [0.717, 1.165) is 83.5 Å². The minimum absolute atomic E-state index is 0.0609. The van der Waals surface area contributed by atoms with E-state index < -0.39 is 26.5 Å². The highest BCUT2D eigenvalue weighted by atomic mass is 31.2. The van der Waals surface area contributed by atoms with E-state index in [2.05, 4.69) is 79.9 Å². The number of hydrogen-bond donors (Lipinski definition) is 3. The molecule has 0 heterocycles. The molecule has 2 unspecified atom stereocenters. The van der Waals surface area contributed by atoms with E-state index in [-0.39, 0.29) is 32.1 Å². The summed E-state index contributed by atoms with van der Waals surface area (Å²) in [7, 11) is -4.41. The molecule has 46 heavy (non-hydrogen) atoms. The second kappa shape index (κ2) is 32.6. The molecule has 0 bridgehead atoms. The first kappa shape index (κ1) is 43.7. The fraction of sp³-hybridized carbons (Fsp3) is 0.667. The molecule has 0 saturated heterocycles. The number of allylic oxidation sites excluding steroid dienone is 10. The minimum atomic E-state index is -4.41. The van der Waals surface area contributed by atoms with E-state index in [9.17, 15) is 24.2 Å². The van der Waals surface area contributed by atoms with Crippen molar-refractivity contribution in [3.8, 4) is 0 Å². The van der Waals surface area contributed by atoms with Crippen LogP contribution in [0.25, 0.3) is 0 Å². The summed E-state index contributed by atoms with van der Waals surface area (Å²) in [4.78, 5) is 33.5. The van der Waals surface area contributed by atoms with E-state index in [1.165, 1.54) is 12.8 Å². The van der Waals surface area contributed by atoms with Gasteiger partial charge in [0.1, 0.15) is 12.7 Å². The van der Waals surface area contributed by atoms with Gasteiger partial charge in [0.25, 0.3) is 0 Å². The van der Waals surface area contributed by atoms with Crippen LogP contribution < -0.4 is 5.32 Å². The molecule has 264 valence electrons. The van der Waals surface area contributed by atoms with Crippen molar-refractivity contribution in [2.24, 2.45) is 0 Å². The lowest BCUT2D eigenvalue weighted by Gasteiger charge is -2.15. The molecule has 0 rings (SSSR count). The largest absolute Gasteiger partial charge is 0.472 e. The third-order valence-corrected chi connectivity index (χ3v) is 7.70. The quantitative estimate of drug-likeness (QED) is 0.0290. The molecular formula is C36H62NO8P. The van der Waals surface area contributed by atoms with E-state index in [4.69, 9.17) is 13.8 Å². The molecule has 0 spiro atoms. The topological polar surface area (TPSA) is 131 Å². The lowest BCUT2D eigenvalue weighted by Crippen LogP contribution is -2.27. The fourth-order valence-electron chi connectivity index (χ4n) is 4.11. The van der Waals surface area contributed by atoms with E-state index in [1.807, 2.05) is 0 Å². The van der Waals surface area contributed by atoms with Crippen molar-refractivity contribution in [2.45, 2.75) is 129 Å². The number of aliphatic hydroxyl groups is 1. The first-order chi connectivity index (χ1) is 22.3. The van der Waals surface area contributed by atoms with Gasteiger partial charge in [-0.25, -0.2) is 4.57 Å². The minimum Gasteiger partial charge on any atom is -0.463 e. The number of rotatable bonds is 31. The zero-order chi connectivity index (χ0) is 34.0. The predicted octanol–water partition coefficient (Wildman–Crippen LogP) is 8.59. The number of carbonyl (C=O) groups is 2. The van der Waals surface area contributed by atoms with Gasteiger partial charge in [0.15, 0.2) is 0 Å². The number of ether oxygens (including phenoxy) is 1. The van der Waals surface area contributed by atoms with Crippen LogP contribution in [0.2, 0.25) is 0 Å². The first-order valence-electron chi connectivity index (χ1n) is 17.3. The molecule has 0 aromatic carbocycles. The van der Waals surface area contributed by atoms with Crippen molar-refractivity contribution in [2.75, 3.05) is 26.4 Å². The molecule has 0 aromatic heterocycles. The molecule has 0 aliphatic rings. The second-order valence-electron chi connectivity index (χ2n) is 11.1. The van der Waals surface area contributed by atoms with Crippen molar-refractivity contribution < 1.29 is 37.9 Å². The highest BCUT2D eigenvalue weighted by molar-refractivity contribution is 7.47. The van der Waals surface area contributed by atoms with Gasteiger partial charge in [-0.05, 0) is 57.8 Å². The molecule has 3 N–H and O–H groups in total. The van der Waals surface area contributed by atoms with Gasteiger partial charge in [-0.1, -0.05) is 113 Å². The number of carbonyl (C=O) groups excluding carboxylic acids is 2. The molecule has 0 saturated carbocycles. The number of nitrogens with one attached hydrogen (secondary N) is 1. The molecule has 9 nitrogen and oxygen atoms in total. The summed E-state index contributed by atoms with van der Waals surface area (Å²) in [5.41, 5.74) is 0. The van der Waals surface area contributed by atoms with E-state index in [0.29, 0.717) is 6.42 Å². The van der Waals surface area contributed by atoms with Crippen LogP contribution in [0.5, 0.6) is 0 Å². The number of phosphoric ester groups is 1. The number of unbranched alkanes of at least 4 members (excludes halogenated alkanes) is 8. The van der Waals surface area contributed by atoms with E-state index in [1.54, 1.807) is 0 Å². The Morgan fingerprint density at radius 1 is 0.696 bits per heavy atom. The Balaban J connectivity index is 3.71. The van der Waals surface area contributed by atoms with Gasteiger partial charge in [-0.2, -0.15) is 0 Å². The molecule has 0 aliphatic heterocycles. The Morgan fingerprint density at radius 3 is 1.87 bits per heavy atom. The maximum Gasteiger partial charge on any atom is 0.472 e. The Morgan fingerprint density at radius 2 is 1.24 bits per heavy atom. The maximum atomic E-state index is 12.0. The number of amides is 1. The Bertz CT molecular complexity index is 944. The van der Waals surface area contributed by atoms with Crippen LogP contribution in [0.3, 0.4) is 0 Å². The van der Waals surface area contributed by atoms with Crippen molar-refractivity contribution in [3.05, 3.63) is 60.8 Å². The molecule has 0 aromatic rings. The number of phosphoric acid groups is 1. The maximum absolute atomic E-state index is 12.0. The van der Waals surface area contributed by atoms with Crippen LogP contribution in [0.4, 0.5) is 0 Å². The number of aliphatic hydroxyl groups excluding tert-OH is 1. The SMILES string of the molecule is CC/C=C\C/C=C\C/C=C\C/C=C\C/C=C\CCCCCC(=O)NCCOP(=O)(O)OCC(O)COC(=O)CCCCCCCC. The summed E-state index contributed by atoms with van der Waals surface area (Å²) in [6, 6.07) is 0. The third kappa shape index (κ3) is 33.1. The average molecular weight is 668 g/mol. The monoisotopic (exact) mass is 667 g/mol. The molecule has 0 aliphatic carbocycles. The van der Waals surface area contributed by atoms with Crippen LogP contribution in [0, 0.1) is 0 Å². The molecular weight excluding hydrogens is 605 g/mol. The Labute approximate surface area is 278 Å². The van der Waals surface area contributed by atoms with Crippen LogP contribution in [-0.2, 0) is 27.9 Å². The molecule has 0 radical (unpaired) electrons. The van der Waals surface area contributed by atoms with Gasteiger partial charge < -0.3 is 20.1 Å². The summed E-state index contributed by atoms with van der Waals surface area (Å²) in [5.74, 6) is -0.565. The Hall–Kier alpha value is -2.29. The standard InChI is InChI=1S/C36H62NO8P/c1-3-5-7-9-11-12-13-14-15-16-17-18-19-20-21-22-23-24-26-28-35(39)37-30-31-44-46(41,42)45-33-34(38)32-43-36(40)29-27-25-10-8-6-4-2/h5,7,11-12,14-15,17-18,20-21,34,38H,3-4,6,8-10,13,16,19,22-33H2,1-2H3,(H,37,39)(H,41,42)/b7-5-,12-11-,15-14-,18-17-,21-20-. The summed E-state index contributed by atoms with van der Waals surface area (Å²) in [6.07, 6.45) is 36.1. The van der Waals surface area contributed by atoms with E-state index >= 15 is 0 Å². The van der Waals surface area contributed by atoms with Crippen molar-refractivity contribution >= 4 is 19.7 Å². The highest BCUT2D eigenvalue weighted by Gasteiger charge is 2.23. The molecule has 10 heteroatoms. The lowest BCUT2D eigenvalue weighted by molar-refractivity contribution is -0.147.